The Bertz CT molecular complexity index is 4750. The molecule has 14 aromatic rings. The van der Waals surface area contributed by atoms with Crippen LogP contribution in [0.2, 0.25) is 10.3 Å². The van der Waals surface area contributed by atoms with E-state index in [1.54, 1.807) is 30.6 Å². The minimum Gasteiger partial charge on any atom is -0.245 e. The summed E-state index contributed by atoms with van der Waals surface area (Å²) in [4.78, 5) is 7.49. The van der Waals surface area contributed by atoms with Gasteiger partial charge in [0.1, 0.15) is 10.3 Å². The van der Waals surface area contributed by atoms with Crippen molar-refractivity contribution in [3.63, 3.8) is 0 Å². The summed E-state index contributed by atoms with van der Waals surface area (Å²) >= 11 is 28.1. The van der Waals surface area contributed by atoms with Gasteiger partial charge in [-0.05, 0) is 181 Å². The van der Waals surface area contributed by atoms with E-state index in [9.17, 15) is 22.0 Å². The van der Waals surface area contributed by atoms with E-state index in [0.29, 0.717) is 14.8 Å². The molecule has 0 saturated heterocycles. The van der Waals surface area contributed by atoms with Crippen molar-refractivity contribution in [1.29, 1.82) is 0 Å². The molecule has 1 aliphatic carbocycles. The van der Waals surface area contributed by atoms with Crippen LogP contribution < -0.4 is 0 Å². The number of nitrogens with zero attached hydrogens (tertiary/aromatic N) is 2. The van der Waals surface area contributed by atoms with E-state index >= 15 is 0 Å². The molecule has 0 spiro atoms. The monoisotopic (exact) mass is 1640 g/mol. The van der Waals surface area contributed by atoms with Gasteiger partial charge in [-0.3, -0.25) is 0 Å². The highest BCUT2D eigenvalue weighted by molar-refractivity contribution is 9.11. The van der Waals surface area contributed by atoms with Crippen LogP contribution in [0.4, 0.5) is 22.0 Å². The summed E-state index contributed by atoms with van der Waals surface area (Å²) in [6, 6.07) is 101. The van der Waals surface area contributed by atoms with E-state index in [4.69, 9.17) is 23.2 Å². The van der Waals surface area contributed by atoms with Crippen LogP contribution in [0.5, 0.6) is 0 Å². The third-order valence-corrected chi connectivity index (χ3v) is 17.5. The molecular weight excluding hydrogens is 1590 g/mol. The first-order valence-corrected chi connectivity index (χ1v) is 34.7. The molecule has 482 valence electrons. The second-order valence-corrected chi connectivity index (χ2v) is 26.4. The fourth-order valence-electron chi connectivity index (χ4n) is 9.98. The van der Waals surface area contributed by atoms with E-state index in [1.165, 1.54) is 95.7 Å². The molecule has 0 unspecified atom stereocenters. The zero-order valence-electron chi connectivity index (χ0n) is 51.3. The molecule has 0 bridgehead atoms. The van der Waals surface area contributed by atoms with Gasteiger partial charge in [-0.2, -0.15) is 0 Å². The molecule has 1 aliphatic rings. The van der Waals surface area contributed by atoms with Crippen LogP contribution in [-0.2, 0) is 6.42 Å². The lowest BCUT2D eigenvalue weighted by Gasteiger charge is -2.12. The summed E-state index contributed by atoms with van der Waals surface area (Å²) in [6.45, 7) is 0. The van der Waals surface area contributed by atoms with E-state index in [1.807, 2.05) is 66.7 Å². The maximum absolute atomic E-state index is 13.5. The van der Waals surface area contributed by atoms with Gasteiger partial charge in [-0.15, -0.1) is 0 Å². The lowest BCUT2D eigenvalue weighted by atomic mass is 9.93. The highest BCUT2D eigenvalue weighted by Gasteiger charge is 2.26. The van der Waals surface area contributed by atoms with Crippen molar-refractivity contribution in [2.45, 2.75) is 6.42 Å². The molecule has 2 aromatic heterocycles. The summed E-state index contributed by atoms with van der Waals surface area (Å²) in [7, 11) is 0. The zero-order valence-corrected chi connectivity index (χ0v) is 60.8. The summed E-state index contributed by atoms with van der Waals surface area (Å²) in [5, 5.41) is 3.83. The van der Waals surface area contributed by atoms with Gasteiger partial charge >= 0.3 is 0 Å². The molecule has 0 N–H and O–H groups in total. The molecule has 0 amide bonds. The summed E-state index contributed by atoms with van der Waals surface area (Å²) in [5.41, 5.74) is 14.1. The Labute approximate surface area is 613 Å². The molecule has 15 rings (SSSR count). The van der Waals surface area contributed by atoms with Crippen LogP contribution in [0.25, 0.3) is 83.6 Å². The van der Waals surface area contributed by atoms with Gasteiger partial charge in [0.25, 0.3) is 0 Å². The second-order valence-electron chi connectivity index (χ2n) is 21.1. The normalized spacial score (nSPS) is 10.6. The molecule has 2 heterocycles. The number of hydrogen-bond acceptors (Lipinski definition) is 2. The Morgan fingerprint density at radius 1 is 0.299 bits per heavy atom. The van der Waals surface area contributed by atoms with E-state index in [2.05, 4.69) is 302 Å². The number of pyridine rings is 2. The minimum absolute atomic E-state index is 0.0998. The molecule has 0 saturated carbocycles. The molecule has 0 atom stereocenters. The lowest BCUT2D eigenvalue weighted by molar-refractivity contribution is 0.381. The van der Waals surface area contributed by atoms with E-state index < -0.39 is 34.6 Å². The summed E-state index contributed by atoms with van der Waals surface area (Å²) in [6.07, 6.45) is 8.81. The largest absolute Gasteiger partial charge is 0.245 e. The van der Waals surface area contributed by atoms with Crippen molar-refractivity contribution in [2.75, 3.05) is 0 Å². The maximum Gasteiger partial charge on any atom is 0.200 e. The van der Waals surface area contributed by atoms with Gasteiger partial charge in [0.05, 0.1) is 5.56 Å². The quantitative estimate of drug-likeness (QED) is 0.0718. The Morgan fingerprint density at radius 2 is 0.680 bits per heavy atom. The van der Waals surface area contributed by atoms with Crippen molar-refractivity contribution < 1.29 is 22.0 Å². The van der Waals surface area contributed by atoms with Crippen LogP contribution in [-0.4, -0.2) is 9.97 Å². The number of allylic oxidation sites excluding steroid dienone is 1. The Morgan fingerprint density at radius 3 is 1.16 bits per heavy atom. The number of aromatic nitrogens is 2. The summed E-state index contributed by atoms with van der Waals surface area (Å²) < 4.78 is 70.8. The highest BCUT2D eigenvalue weighted by Crippen LogP contribution is 2.36. The van der Waals surface area contributed by atoms with Gasteiger partial charge in [0.15, 0.2) is 23.3 Å². The Kier molecular flexibility index (Phi) is 28.0. The van der Waals surface area contributed by atoms with Gasteiger partial charge in [-0.25, -0.2) is 31.9 Å². The van der Waals surface area contributed by atoms with Gasteiger partial charge in [-0.1, -0.05) is 327 Å². The van der Waals surface area contributed by atoms with Crippen molar-refractivity contribution in [3.05, 3.63) is 395 Å². The standard InChI is InChI=1S/2C18H13Br.C13H9Br.C12H4BrF5.C12H9Br.2C5H4ClN/c19-18-12-16(14-7-3-1-4-8-14)11-17(13-18)15-9-5-2-6-10-15;19-18-11-5-10-17(13-18)16-9-4-8-15(12-16)14-6-2-1-3-7-14;14-12-7-10-5-1-3-9-4-2-6-11(8-12)13(9)10;13-6-3-1-2-5(4-6)7-8(14)10(16)12(18)11(17)9(7)15;13-12-9-5-4-8-11(12)10-6-2-1-3-7-10;2*6-5-3-1-2-4-7-5/h2*1-13H;1-3,5-8H,4H2;1-4H;1-9H;2*1-4H. The van der Waals surface area contributed by atoms with Crippen LogP contribution >= 0.6 is 103 Å². The van der Waals surface area contributed by atoms with Crippen molar-refractivity contribution in [1.82, 2.24) is 9.97 Å². The number of benzene rings is 12. The third-order valence-electron chi connectivity index (χ3n) is 14.5. The zero-order chi connectivity index (χ0) is 68.5. The fourth-order valence-corrected chi connectivity index (χ4v) is 12.5. The van der Waals surface area contributed by atoms with Crippen molar-refractivity contribution >= 4 is 120 Å². The molecule has 0 radical (unpaired) electrons. The average Bonchev–Trinajstić information content (AvgIpc) is 0.794. The predicted molar refractivity (Wildman–Crippen MR) is 412 cm³/mol. The molecule has 0 fully saturated rings. The molecule has 97 heavy (non-hydrogen) atoms. The fraction of sp³-hybridized carbons (Fsp3) is 0.0120. The molecule has 0 aliphatic heterocycles. The highest BCUT2D eigenvalue weighted by atomic mass is 79.9. The summed E-state index contributed by atoms with van der Waals surface area (Å²) in [5.74, 6) is -9.76. The topological polar surface area (TPSA) is 25.8 Å². The van der Waals surface area contributed by atoms with Crippen LogP contribution in [0, 0.1) is 29.1 Å². The van der Waals surface area contributed by atoms with Crippen LogP contribution in [0.15, 0.2) is 344 Å². The van der Waals surface area contributed by atoms with Gasteiger partial charge in [0, 0.05) is 34.8 Å². The number of rotatable bonds is 6. The Balaban J connectivity index is 0.000000136. The first kappa shape index (κ1) is 72.8. The van der Waals surface area contributed by atoms with Gasteiger partial charge in [0.2, 0.25) is 5.82 Å². The molecular formula is C83H56Br5Cl2F5N2. The van der Waals surface area contributed by atoms with Gasteiger partial charge < -0.3 is 0 Å². The van der Waals surface area contributed by atoms with Crippen LogP contribution in [0.3, 0.4) is 0 Å². The van der Waals surface area contributed by atoms with Crippen molar-refractivity contribution in [2.24, 2.45) is 0 Å². The van der Waals surface area contributed by atoms with Crippen LogP contribution in [0.1, 0.15) is 11.1 Å². The molecule has 2 nitrogen and oxygen atoms in total. The Hall–Kier alpha value is -8.43. The molecule has 12 aromatic carbocycles. The molecule has 14 heteroatoms. The first-order valence-electron chi connectivity index (χ1n) is 30.0. The van der Waals surface area contributed by atoms with E-state index in [-0.39, 0.29) is 5.56 Å². The maximum atomic E-state index is 13.5. The smallest absolute Gasteiger partial charge is 0.200 e. The van der Waals surface area contributed by atoms with E-state index in [0.717, 1.165) is 24.3 Å². The third kappa shape index (κ3) is 21.5. The number of halogens is 12. The second kappa shape index (κ2) is 37.3. The average molecular weight is 1650 g/mol. The van der Waals surface area contributed by atoms with Crippen molar-refractivity contribution in [3.8, 4) is 66.8 Å². The number of hydrogen-bond donors (Lipinski definition) is 0. The predicted octanol–water partition coefficient (Wildman–Crippen LogP) is 28.1. The SMILES string of the molecule is Brc1cc(-c2ccccc2)cc(-c2ccccc2)c1.Brc1cc2c3c(cccc3c1)CC=C2.Brc1cccc(-c2cccc(-c3ccccc3)c2)c1.Brc1ccccc1-c1ccccc1.Clc1ccccn1.Clc1ccccn1.Fc1c(F)c(F)c(-c2cccc(Br)c2)c(F)c1F. The minimum atomic E-state index is -2.16. The lowest BCUT2D eigenvalue weighted by Crippen LogP contribution is -2.03. The first-order chi connectivity index (χ1) is 47.1.